The van der Waals surface area contributed by atoms with Crippen LogP contribution in [0.2, 0.25) is 13.1 Å². The summed E-state index contributed by atoms with van der Waals surface area (Å²) < 4.78 is 0. The minimum atomic E-state index is -0.336. The van der Waals surface area contributed by atoms with Crippen molar-refractivity contribution in [3.8, 4) is 0 Å². The van der Waals surface area contributed by atoms with Crippen molar-refractivity contribution in [2.24, 2.45) is 0 Å². The quantitative estimate of drug-likeness (QED) is 0.494. The molecule has 0 aliphatic rings. The largest absolute Gasteiger partial charge is 0.399 e. The molecule has 0 aliphatic carbocycles. The highest BCUT2D eigenvalue weighted by Gasteiger charge is 2.01. The zero-order valence-electron chi connectivity index (χ0n) is 7.31. The Labute approximate surface area is 69.8 Å². The maximum absolute atomic E-state index is 5.71. The van der Waals surface area contributed by atoms with Gasteiger partial charge in [-0.25, -0.2) is 0 Å². The number of nitrogen functional groups attached to an aromatic ring is 1. The Morgan fingerprint density at radius 3 is 2.27 bits per heavy atom. The zero-order chi connectivity index (χ0) is 8.43. The summed E-state index contributed by atoms with van der Waals surface area (Å²) in [5.74, 6) is 0. The molecule has 1 aromatic carbocycles. The van der Waals surface area contributed by atoms with E-state index in [1.807, 2.05) is 6.07 Å². The van der Waals surface area contributed by atoms with Crippen LogP contribution in [0.5, 0.6) is 0 Å². The van der Waals surface area contributed by atoms with E-state index >= 15 is 0 Å². The molecule has 0 amide bonds. The van der Waals surface area contributed by atoms with Crippen LogP contribution in [0.4, 0.5) is 5.69 Å². The Kier molecular flexibility index (Phi) is 2.34. The SMILES string of the molecule is Cc1cc(N)cc([Si](C)C)c1. The van der Waals surface area contributed by atoms with Gasteiger partial charge in [-0.05, 0) is 24.6 Å². The number of rotatable bonds is 1. The van der Waals surface area contributed by atoms with Crippen molar-refractivity contribution in [3.63, 3.8) is 0 Å². The first-order valence-electron chi connectivity index (χ1n) is 3.77. The molecule has 1 radical (unpaired) electrons. The van der Waals surface area contributed by atoms with Crippen LogP contribution in [0, 0.1) is 6.92 Å². The van der Waals surface area contributed by atoms with Crippen molar-refractivity contribution < 1.29 is 0 Å². The predicted molar refractivity (Wildman–Crippen MR) is 52.7 cm³/mol. The van der Waals surface area contributed by atoms with Gasteiger partial charge in [-0.3, -0.25) is 0 Å². The van der Waals surface area contributed by atoms with E-state index in [-0.39, 0.29) is 8.80 Å². The second kappa shape index (κ2) is 3.09. The molecule has 0 spiro atoms. The number of hydrogen-bond acceptors (Lipinski definition) is 1. The third kappa shape index (κ3) is 2.08. The predicted octanol–water partition coefficient (Wildman–Crippen LogP) is 1.54. The van der Waals surface area contributed by atoms with Crippen LogP contribution < -0.4 is 10.9 Å². The highest BCUT2D eigenvalue weighted by Crippen LogP contribution is 2.03. The molecule has 1 aromatic rings. The zero-order valence-corrected chi connectivity index (χ0v) is 8.31. The fraction of sp³-hybridized carbons (Fsp3) is 0.333. The van der Waals surface area contributed by atoms with Gasteiger partial charge in [0.05, 0.1) is 8.80 Å². The molecular weight excluding hydrogens is 150 g/mol. The normalized spacial score (nSPS) is 10.5. The molecule has 59 valence electrons. The van der Waals surface area contributed by atoms with Crippen LogP contribution >= 0.6 is 0 Å². The van der Waals surface area contributed by atoms with Crippen molar-refractivity contribution in [1.82, 2.24) is 0 Å². The minimum absolute atomic E-state index is 0.336. The van der Waals surface area contributed by atoms with Gasteiger partial charge >= 0.3 is 0 Å². The van der Waals surface area contributed by atoms with Gasteiger partial charge in [0, 0.05) is 5.69 Å². The summed E-state index contributed by atoms with van der Waals surface area (Å²) in [5.41, 5.74) is 7.88. The lowest BCUT2D eigenvalue weighted by atomic mass is 10.2. The summed E-state index contributed by atoms with van der Waals surface area (Å²) in [6.45, 7) is 6.64. The summed E-state index contributed by atoms with van der Waals surface area (Å²) in [7, 11) is -0.336. The molecule has 2 N–H and O–H groups in total. The topological polar surface area (TPSA) is 26.0 Å². The highest BCUT2D eigenvalue weighted by molar-refractivity contribution is 6.70. The number of benzene rings is 1. The van der Waals surface area contributed by atoms with Crippen LogP contribution in [-0.2, 0) is 0 Å². The number of hydrogen-bond donors (Lipinski definition) is 1. The Hall–Kier alpha value is -0.763. The van der Waals surface area contributed by atoms with Crippen molar-refractivity contribution in [2.45, 2.75) is 20.0 Å². The summed E-state index contributed by atoms with van der Waals surface area (Å²) in [5, 5.41) is 1.42. The first-order chi connectivity index (χ1) is 5.09. The third-order valence-corrected chi connectivity index (χ3v) is 3.12. The van der Waals surface area contributed by atoms with Gasteiger partial charge in [0.2, 0.25) is 0 Å². The second-order valence-electron chi connectivity index (χ2n) is 3.13. The fourth-order valence-electron chi connectivity index (χ4n) is 1.10. The molecular formula is C9H14NSi. The molecule has 1 rings (SSSR count). The first-order valence-corrected chi connectivity index (χ1v) is 6.27. The van der Waals surface area contributed by atoms with E-state index < -0.39 is 0 Å². The summed E-state index contributed by atoms with van der Waals surface area (Å²) in [6.07, 6.45) is 0. The first kappa shape index (κ1) is 8.33. The Morgan fingerprint density at radius 1 is 1.18 bits per heavy atom. The monoisotopic (exact) mass is 164 g/mol. The molecule has 0 saturated carbocycles. The lowest BCUT2D eigenvalue weighted by molar-refractivity contribution is 1.49. The van der Waals surface area contributed by atoms with Crippen molar-refractivity contribution >= 4 is 19.7 Å². The standard InChI is InChI=1S/C9H14NSi/c1-7-4-8(10)6-9(5-7)11(2)3/h4-6H,10H2,1-3H3. The van der Waals surface area contributed by atoms with Crippen LogP contribution in [-0.4, -0.2) is 8.80 Å². The molecule has 11 heavy (non-hydrogen) atoms. The molecule has 0 aromatic heterocycles. The summed E-state index contributed by atoms with van der Waals surface area (Å²) >= 11 is 0. The van der Waals surface area contributed by atoms with Gasteiger partial charge in [-0.2, -0.15) is 0 Å². The second-order valence-corrected chi connectivity index (χ2v) is 5.71. The van der Waals surface area contributed by atoms with Crippen LogP contribution in [0.15, 0.2) is 18.2 Å². The molecule has 0 saturated heterocycles. The minimum Gasteiger partial charge on any atom is -0.399 e. The summed E-state index contributed by atoms with van der Waals surface area (Å²) in [4.78, 5) is 0. The number of aryl methyl sites for hydroxylation is 1. The van der Waals surface area contributed by atoms with E-state index in [2.05, 4.69) is 32.2 Å². The van der Waals surface area contributed by atoms with Crippen LogP contribution in [0.1, 0.15) is 5.56 Å². The van der Waals surface area contributed by atoms with Gasteiger partial charge in [0.1, 0.15) is 0 Å². The highest BCUT2D eigenvalue weighted by atomic mass is 28.3. The lowest BCUT2D eigenvalue weighted by Crippen LogP contribution is -2.23. The van der Waals surface area contributed by atoms with Gasteiger partial charge in [-0.1, -0.05) is 24.3 Å². The Morgan fingerprint density at radius 2 is 1.82 bits per heavy atom. The van der Waals surface area contributed by atoms with Crippen LogP contribution in [0.3, 0.4) is 0 Å². The van der Waals surface area contributed by atoms with Crippen molar-refractivity contribution in [1.29, 1.82) is 0 Å². The molecule has 0 bridgehead atoms. The average molecular weight is 164 g/mol. The summed E-state index contributed by atoms with van der Waals surface area (Å²) in [6, 6.07) is 6.32. The van der Waals surface area contributed by atoms with E-state index in [0.717, 1.165) is 5.69 Å². The molecule has 0 heterocycles. The van der Waals surface area contributed by atoms with Crippen molar-refractivity contribution in [2.75, 3.05) is 5.73 Å². The molecule has 2 heteroatoms. The lowest BCUT2D eigenvalue weighted by Gasteiger charge is -2.05. The van der Waals surface area contributed by atoms with E-state index in [9.17, 15) is 0 Å². The molecule has 0 fully saturated rings. The maximum Gasteiger partial charge on any atom is 0.0792 e. The smallest absolute Gasteiger partial charge is 0.0792 e. The van der Waals surface area contributed by atoms with E-state index in [4.69, 9.17) is 5.73 Å². The third-order valence-electron chi connectivity index (χ3n) is 1.68. The van der Waals surface area contributed by atoms with Gasteiger partial charge in [0.15, 0.2) is 0 Å². The molecule has 1 nitrogen and oxygen atoms in total. The molecule has 0 unspecified atom stereocenters. The van der Waals surface area contributed by atoms with Gasteiger partial charge < -0.3 is 5.73 Å². The van der Waals surface area contributed by atoms with E-state index in [1.54, 1.807) is 0 Å². The number of nitrogens with two attached hydrogens (primary N) is 1. The number of anilines is 1. The van der Waals surface area contributed by atoms with Crippen LogP contribution in [0.25, 0.3) is 0 Å². The maximum atomic E-state index is 5.71. The van der Waals surface area contributed by atoms with E-state index in [0.29, 0.717) is 0 Å². The van der Waals surface area contributed by atoms with E-state index in [1.165, 1.54) is 10.8 Å². The molecule has 0 aliphatic heterocycles. The molecule has 0 atom stereocenters. The Balaban J connectivity index is 3.08. The van der Waals surface area contributed by atoms with Gasteiger partial charge in [-0.15, -0.1) is 0 Å². The Bertz CT molecular complexity index is 235. The average Bonchev–Trinajstić information content (AvgIpc) is 1.85. The fourth-order valence-corrected chi connectivity index (χ4v) is 2.07. The van der Waals surface area contributed by atoms with Crippen molar-refractivity contribution in [3.05, 3.63) is 23.8 Å². The van der Waals surface area contributed by atoms with Gasteiger partial charge in [0.25, 0.3) is 0 Å².